The van der Waals surface area contributed by atoms with Crippen molar-refractivity contribution >= 4 is 23.2 Å². The quantitative estimate of drug-likeness (QED) is 0.850. The van der Waals surface area contributed by atoms with Crippen LogP contribution < -0.4 is 5.32 Å². The largest absolute Gasteiger partial charge is 0.475 e. The summed E-state index contributed by atoms with van der Waals surface area (Å²) in [5.74, 6) is -0.883. The van der Waals surface area contributed by atoms with Crippen LogP contribution in [0.4, 0.5) is 0 Å². The molecule has 2 heterocycles. The molecule has 0 aliphatic carbocycles. The van der Waals surface area contributed by atoms with Gasteiger partial charge in [0.1, 0.15) is 5.76 Å². The molecule has 106 valence electrons. The first-order chi connectivity index (χ1) is 9.56. The highest BCUT2D eigenvalue weighted by molar-refractivity contribution is 7.07. The van der Waals surface area contributed by atoms with Gasteiger partial charge in [-0.25, -0.2) is 9.78 Å². The van der Waals surface area contributed by atoms with Gasteiger partial charge in [-0.2, -0.15) is 0 Å². The molecule has 7 heteroatoms. The number of nitrogens with zero attached hydrogens (tertiary/aromatic N) is 1. The minimum Gasteiger partial charge on any atom is -0.475 e. The number of hydrogen-bond acceptors (Lipinski definition) is 5. The van der Waals surface area contributed by atoms with Gasteiger partial charge in [-0.3, -0.25) is 4.79 Å². The summed E-state index contributed by atoms with van der Waals surface area (Å²) in [6, 6.07) is 1.62. The van der Waals surface area contributed by atoms with E-state index in [9.17, 15) is 9.59 Å². The number of aryl methyl sites for hydroxylation is 2. The summed E-state index contributed by atoms with van der Waals surface area (Å²) in [6.07, 6.45) is 0.933. The predicted octanol–water partition coefficient (Wildman–Crippen LogP) is 1.99. The van der Waals surface area contributed by atoms with E-state index < -0.39 is 5.97 Å². The SMILES string of the molecule is Cc1cc(CNC(=O)CCc2cscn2)oc1C(=O)O. The lowest BCUT2D eigenvalue weighted by Gasteiger charge is -2.02. The van der Waals surface area contributed by atoms with Crippen LogP contribution in [0.5, 0.6) is 0 Å². The molecule has 2 aromatic heterocycles. The van der Waals surface area contributed by atoms with E-state index in [1.165, 1.54) is 11.3 Å². The zero-order valence-corrected chi connectivity index (χ0v) is 11.7. The average molecular weight is 294 g/mol. The summed E-state index contributed by atoms with van der Waals surface area (Å²) in [7, 11) is 0. The second-order valence-corrected chi connectivity index (χ2v) is 5.01. The Kier molecular flexibility index (Phi) is 4.52. The van der Waals surface area contributed by atoms with Crippen LogP contribution in [0.2, 0.25) is 0 Å². The molecule has 0 radical (unpaired) electrons. The maximum Gasteiger partial charge on any atom is 0.372 e. The summed E-state index contributed by atoms with van der Waals surface area (Å²) in [6.45, 7) is 1.84. The van der Waals surface area contributed by atoms with Gasteiger partial charge >= 0.3 is 5.97 Å². The number of carbonyl (C=O) groups is 2. The number of hydrogen-bond donors (Lipinski definition) is 2. The summed E-state index contributed by atoms with van der Waals surface area (Å²) in [5.41, 5.74) is 3.17. The molecule has 0 aliphatic rings. The molecule has 0 aromatic carbocycles. The standard InChI is InChI=1S/C13H14N2O4S/c1-8-4-10(19-12(8)13(17)18)5-14-11(16)3-2-9-6-20-7-15-9/h4,6-7H,2-3,5H2,1H3,(H,14,16)(H,17,18). The maximum atomic E-state index is 11.6. The van der Waals surface area contributed by atoms with E-state index in [-0.39, 0.29) is 18.2 Å². The molecule has 2 N–H and O–H groups in total. The number of rotatable bonds is 6. The number of carbonyl (C=O) groups excluding carboxylic acids is 1. The highest BCUT2D eigenvalue weighted by Gasteiger charge is 2.14. The van der Waals surface area contributed by atoms with Gasteiger partial charge in [0.25, 0.3) is 0 Å². The predicted molar refractivity (Wildman–Crippen MR) is 72.7 cm³/mol. The second kappa shape index (κ2) is 6.33. The number of carboxylic acid groups (broad SMARTS) is 1. The molecule has 0 saturated heterocycles. The van der Waals surface area contributed by atoms with Gasteiger partial charge in [0.2, 0.25) is 11.7 Å². The van der Waals surface area contributed by atoms with E-state index in [0.717, 1.165) is 5.69 Å². The summed E-state index contributed by atoms with van der Waals surface area (Å²) in [5, 5.41) is 13.5. The van der Waals surface area contributed by atoms with Gasteiger partial charge in [-0.1, -0.05) is 0 Å². The minimum atomic E-state index is -1.11. The van der Waals surface area contributed by atoms with Crippen molar-refractivity contribution in [1.82, 2.24) is 10.3 Å². The van der Waals surface area contributed by atoms with E-state index in [0.29, 0.717) is 24.2 Å². The van der Waals surface area contributed by atoms with Gasteiger partial charge in [0.15, 0.2) is 0 Å². The molecule has 0 saturated carbocycles. The van der Waals surface area contributed by atoms with Crippen LogP contribution in [0.1, 0.15) is 34.0 Å². The fourth-order valence-electron chi connectivity index (χ4n) is 1.72. The van der Waals surface area contributed by atoms with Gasteiger partial charge in [0, 0.05) is 17.4 Å². The van der Waals surface area contributed by atoms with E-state index in [2.05, 4.69) is 10.3 Å². The Bertz CT molecular complexity index is 604. The third-order valence-electron chi connectivity index (χ3n) is 2.71. The molecule has 2 rings (SSSR count). The Hall–Kier alpha value is -2.15. The van der Waals surface area contributed by atoms with E-state index >= 15 is 0 Å². The molecule has 0 bridgehead atoms. The number of carboxylic acids is 1. The molecule has 20 heavy (non-hydrogen) atoms. The third kappa shape index (κ3) is 3.67. The van der Waals surface area contributed by atoms with E-state index in [1.807, 2.05) is 5.38 Å². The number of furan rings is 1. The molecule has 0 aliphatic heterocycles. The van der Waals surface area contributed by atoms with Crippen LogP contribution >= 0.6 is 11.3 Å². The Morgan fingerprint density at radius 1 is 1.50 bits per heavy atom. The number of aromatic carboxylic acids is 1. The van der Waals surface area contributed by atoms with Gasteiger partial charge in [-0.15, -0.1) is 11.3 Å². The van der Waals surface area contributed by atoms with Crippen molar-refractivity contribution in [1.29, 1.82) is 0 Å². The lowest BCUT2D eigenvalue weighted by molar-refractivity contribution is -0.121. The lowest BCUT2D eigenvalue weighted by atomic mass is 10.2. The molecular formula is C13H14N2O4S. The van der Waals surface area contributed by atoms with E-state index in [4.69, 9.17) is 9.52 Å². The summed E-state index contributed by atoms with van der Waals surface area (Å²) in [4.78, 5) is 26.6. The highest BCUT2D eigenvalue weighted by atomic mass is 32.1. The molecule has 2 aromatic rings. The zero-order valence-electron chi connectivity index (χ0n) is 10.9. The topological polar surface area (TPSA) is 92.4 Å². The molecule has 0 unspecified atom stereocenters. The highest BCUT2D eigenvalue weighted by Crippen LogP contribution is 2.14. The van der Waals surface area contributed by atoms with Crippen molar-refractivity contribution in [3.8, 4) is 0 Å². The first-order valence-corrected chi connectivity index (χ1v) is 6.97. The molecule has 0 atom stereocenters. The van der Waals surface area contributed by atoms with Crippen molar-refractivity contribution < 1.29 is 19.1 Å². The van der Waals surface area contributed by atoms with Crippen LogP contribution in [0.25, 0.3) is 0 Å². The smallest absolute Gasteiger partial charge is 0.372 e. The number of nitrogens with one attached hydrogen (secondary N) is 1. The number of aromatic nitrogens is 1. The summed E-state index contributed by atoms with van der Waals surface area (Å²) >= 11 is 1.50. The number of thiazole rings is 1. The van der Waals surface area contributed by atoms with Crippen LogP contribution in [-0.4, -0.2) is 22.0 Å². The molecule has 1 amide bonds. The van der Waals surface area contributed by atoms with Gasteiger partial charge in [-0.05, 0) is 19.4 Å². The van der Waals surface area contributed by atoms with Crippen molar-refractivity contribution in [2.45, 2.75) is 26.3 Å². The average Bonchev–Trinajstić information content (AvgIpc) is 3.03. The maximum absolute atomic E-state index is 11.6. The Morgan fingerprint density at radius 2 is 2.30 bits per heavy atom. The molecule has 0 fully saturated rings. The number of amides is 1. The lowest BCUT2D eigenvalue weighted by Crippen LogP contribution is -2.22. The monoisotopic (exact) mass is 294 g/mol. The normalized spacial score (nSPS) is 10.4. The summed E-state index contributed by atoms with van der Waals surface area (Å²) < 4.78 is 5.15. The first-order valence-electron chi connectivity index (χ1n) is 6.02. The van der Waals surface area contributed by atoms with Crippen LogP contribution in [0.15, 0.2) is 21.4 Å². The molecule has 6 nitrogen and oxygen atoms in total. The third-order valence-corrected chi connectivity index (χ3v) is 3.35. The van der Waals surface area contributed by atoms with Crippen molar-refractivity contribution in [2.75, 3.05) is 0 Å². The Labute approximate surface area is 119 Å². The fourth-order valence-corrected chi connectivity index (χ4v) is 2.32. The van der Waals surface area contributed by atoms with Gasteiger partial charge in [0.05, 0.1) is 17.7 Å². The van der Waals surface area contributed by atoms with Crippen molar-refractivity contribution in [3.05, 3.63) is 39.7 Å². The van der Waals surface area contributed by atoms with Crippen LogP contribution in [0.3, 0.4) is 0 Å². The van der Waals surface area contributed by atoms with Crippen molar-refractivity contribution in [2.24, 2.45) is 0 Å². The molecular weight excluding hydrogens is 280 g/mol. The van der Waals surface area contributed by atoms with Gasteiger partial charge < -0.3 is 14.8 Å². The minimum absolute atomic E-state index is 0.0864. The van der Waals surface area contributed by atoms with Crippen molar-refractivity contribution in [3.63, 3.8) is 0 Å². The fraction of sp³-hybridized carbons (Fsp3) is 0.308. The first kappa shape index (κ1) is 14.3. The van der Waals surface area contributed by atoms with Crippen LogP contribution in [-0.2, 0) is 17.8 Å². The molecule has 0 spiro atoms. The van der Waals surface area contributed by atoms with Crippen LogP contribution in [0, 0.1) is 6.92 Å². The Morgan fingerprint density at radius 3 is 2.90 bits per heavy atom. The Balaban J connectivity index is 1.81. The zero-order chi connectivity index (χ0) is 14.5. The van der Waals surface area contributed by atoms with E-state index in [1.54, 1.807) is 18.5 Å². The second-order valence-electron chi connectivity index (χ2n) is 4.29.